The number of imidazole rings is 1. The summed E-state index contributed by atoms with van der Waals surface area (Å²) in [5, 5.41) is 2.91. The van der Waals surface area contributed by atoms with E-state index in [0.717, 1.165) is 25.8 Å². The molecule has 0 bridgehead atoms. The van der Waals surface area contributed by atoms with Gasteiger partial charge in [-0.05, 0) is 32.1 Å². The van der Waals surface area contributed by atoms with E-state index in [0.29, 0.717) is 18.9 Å². The number of aromatic nitrogens is 2. The maximum Gasteiger partial charge on any atom is 0.245 e. The Labute approximate surface area is 124 Å². The van der Waals surface area contributed by atoms with Crippen LogP contribution in [0.4, 0.5) is 0 Å². The van der Waals surface area contributed by atoms with Crippen molar-refractivity contribution in [3.8, 4) is 0 Å². The summed E-state index contributed by atoms with van der Waals surface area (Å²) in [5.41, 5.74) is 0. The Morgan fingerprint density at radius 1 is 1.33 bits per heavy atom. The molecule has 1 aromatic heterocycles. The monoisotopic (exact) mass is 290 g/mol. The minimum atomic E-state index is -0.296. The third kappa shape index (κ3) is 3.25. The van der Waals surface area contributed by atoms with E-state index in [2.05, 4.69) is 10.3 Å². The predicted octanol–water partition coefficient (Wildman–Crippen LogP) is 0.789. The summed E-state index contributed by atoms with van der Waals surface area (Å²) in [7, 11) is 0. The molecule has 2 heterocycles. The molecule has 2 aliphatic rings. The minimum absolute atomic E-state index is 0.00450. The first-order valence-corrected chi connectivity index (χ1v) is 7.70. The van der Waals surface area contributed by atoms with Crippen LogP contribution in [0.15, 0.2) is 18.7 Å². The zero-order valence-corrected chi connectivity index (χ0v) is 12.4. The van der Waals surface area contributed by atoms with Crippen molar-refractivity contribution in [1.29, 1.82) is 0 Å². The normalized spacial score (nSPS) is 26.6. The van der Waals surface area contributed by atoms with Gasteiger partial charge in [-0.2, -0.15) is 0 Å². The fourth-order valence-corrected chi connectivity index (χ4v) is 2.99. The number of aryl methyl sites for hydroxylation is 1. The number of hydrogen-bond acceptors (Lipinski definition) is 3. The minimum Gasteiger partial charge on any atom is -0.344 e. The molecule has 114 valence electrons. The standard InChI is InChI=1S/C15H22N4O2/c1-11-9-13(20)17-14(12-3-4-12)15(21)19(11)7-2-6-18-8-5-16-10-18/h5,8,10-12,14H,2-4,6-7,9H2,1H3,(H,17,20). The lowest BCUT2D eigenvalue weighted by Crippen LogP contribution is -2.48. The molecule has 3 rings (SSSR count). The zero-order valence-electron chi connectivity index (χ0n) is 12.4. The van der Waals surface area contributed by atoms with Crippen molar-refractivity contribution < 1.29 is 9.59 Å². The Hall–Kier alpha value is -1.85. The van der Waals surface area contributed by atoms with Crippen molar-refractivity contribution in [3.05, 3.63) is 18.7 Å². The average molecular weight is 290 g/mol. The molecule has 0 aromatic carbocycles. The van der Waals surface area contributed by atoms with Crippen LogP contribution in [0.3, 0.4) is 0 Å². The molecule has 2 unspecified atom stereocenters. The van der Waals surface area contributed by atoms with E-state index in [4.69, 9.17) is 0 Å². The molecule has 2 atom stereocenters. The van der Waals surface area contributed by atoms with Crippen LogP contribution in [-0.2, 0) is 16.1 Å². The van der Waals surface area contributed by atoms with E-state index < -0.39 is 0 Å². The number of amides is 2. The SMILES string of the molecule is CC1CC(=O)NC(C2CC2)C(=O)N1CCCn1ccnc1. The quantitative estimate of drug-likeness (QED) is 0.872. The molecule has 1 aromatic rings. The van der Waals surface area contributed by atoms with E-state index in [-0.39, 0.29) is 23.9 Å². The number of nitrogens with one attached hydrogen (secondary N) is 1. The molecule has 0 radical (unpaired) electrons. The van der Waals surface area contributed by atoms with E-state index in [1.807, 2.05) is 22.6 Å². The molecular weight excluding hydrogens is 268 g/mol. The van der Waals surface area contributed by atoms with E-state index in [1.54, 1.807) is 12.5 Å². The highest BCUT2D eigenvalue weighted by Crippen LogP contribution is 2.34. The number of nitrogens with zero attached hydrogens (tertiary/aromatic N) is 3. The first kappa shape index (κ1) is 14.1. The fourth-order valence-electron chi connectivity index (χ4n) is 2.99. The summed E-state index contributed by atoms with van der Waals surface area (Å²) >= 11 is 0. The summed E-state index contributed by atoms with van der Waals surface area (Å²) in [4.78, 5) is 30.5. The Morgan fingerprint density at radius 3 is 2.81 bits per heavy atom. The fraction of sp³-hybridized carbons (Fsp3) is 0.667. The number of hydrogen-bond donors (Lipinski definition) is 1. The van der Waals surface area contributed by atoms with E-state index in [1.165, 1.54) is 0 Å². The van der Waals surface area contributed by atoms with Gasteiger partial charge in [-0.3, -0.25) is 9.59 Å². The molecule has 1 saturated heterocycles. The van der Waals surface area contributed by atoms with Crippen LogP contribution in [-0.4, -0.2) is 44.9 Å². The number of carbonyl (C=O) groups excluding carboxylic acids is 2. The van der Waals surface area contributed by atoms with Gasteiger partial charge in [-0.25, -0.2) is 4.98 Å². The highest BCUT2D eigenvalue weighted by atomic mass is 16.2. The molecular formula is C15H22N4O2. The van der Waals surface area contributed by atoms with Gasteiger partial charge in [0.05, 0.1) is 6.33 Å². The van der Waals surface area contributed by atoms with Crippen LogP contribution in [0, 0.1) is 5.92 Å². The highest BCUT2D eigenvalue weighted by Gasteiger charge is 2.42. The third-order valence-corrected chi connectivity index (χ3v) is 4.35. The van der Waals surface area contributed by atoms with Gasteiger partial charge in [0.2, 0.25) is 11.8 Å². The molecule has 1 aliphatic carbocycles. The van der Waals surface area contributed by atoms with Crippen LogP contribution in [0.25, 0.3) is 0 Å². The topological polar surface area (TPSA) is 67.2 Å². The van der Waals surface area contributed by atoms with Gasteiger partial charge in [0.15, 0.2) is 0 Å². The van der Waals surface area contributed by atoms with Crippen molar-refractivity contribution in [2.45, 2.75) is 51.2 Å². The van der Waals surface area contributed by atoms with Gasteiger partial charge in [0.1, 0.15) is 6.04 Å². The van der Waals surface area contributed by atoms with E-state index in [9.17, 15) is 9.59 Å². The number of carbonyl (C=O) groups is 2. The summed E-state index contributed by atoms with van der Waals surface area (Å²) in [6.45, 7) is 3.49. The van der Waals surface area contributed by atoms with Crippen molar-refractivity contribution in [2.24, 2.45) is 5.92 Å². The molecule has 2 amide bonds. The lowest BCUT2D eigenvalue weighted by Gasteiger charge is -2.28. The predicted molar refractivity (Wildman–Crippen MR) is 77.3 cm³/mol. The molecule has 21 heavy (non-hydrogen) atoms. The highest BCUT2D eigenvalue weighted by molar-refractivity contribution is 5.91. The summed E-state index contributed by atoms with van der Waals surface area (Å²) < 4.78 is 2.01. The second-order valence-electron chi connectivity index (χ2n) is 6.12. The van der Waals surface area contributed by atoms with Crippen LogP contribution in [0.2, 0.25) is 0 Å². The molecule has 6 nitrogen and oxygen atoms in total. The molecule has 1 saturated carbocycles. The smallest absolute Gasteiger partial charge is 0.245 e. The largest absolute Gasteiger partial charge is 0.344 e. The van der Waals surface area contributed by atoms with Gasteiger partial charge in [-0.1, -0.05) is 0 Å². The second-order valence-corrected chi connectivity index (χ2v) is 6.12. The molecule has 1 N–H and O–H groups in total. The first-order chi connectivity index (χ1) is 10.1. The summed E-state index contributed by atoms with van der Waals surface area (Å²) in [5.74, 6) is 0.453. The van der Waals surface area contributed by atoms with E-state index >= 15 is 0 Å². The van der Waals surface area contributed by atoms with Crippen LogP contribution >= 0.6 is 0 Å². The maximum absolute atomic E-state index is 12.7. The van der Waals surface area contributed by atoms with Gasteiger partial charge in [-0.15, -0.1) is 0 Å². The average Bonchev–Trinajstić information content (AvgIpc) is 3.17. The van der Waals surface area contributed by atoms with Crippen LogP contribution < -0.4 is 5.32 Å². The molecule has 2 fully saturated rings. The summed E-state index contributed by atoms with van der Waals surface area (Å²) in [6.07, 6.45) is 8.84. The van der Waals surface area contributed by atoms with Crippen molar-refractivity contribution >= 4 is 11.8 Å². The molecule has 6 heteroatoms. The lowest BCUT2D eigenvalue weighted by atomic mass is 10.1. The first-order valence-electron chi connectivity index (χ1n) is 7.70. The Morgan fingerprint density at radius 2 is 2.14 bits per heavy atom. The van der Waals surface area contributed by atoms with Gasteiger partial charge < -0.3 is 14.8 Å². The lowest BCUT2D eigenvalue weighted by molar-refractivity contribution is -0.135. The van der Waals surface area contributed by atoms with Crippen LogP contribution in [0.5, 0.6) is 0 Å². The van der Waals surface area contributed by atoms with Crippen LogP contribution in [0.1, 0.15) is 32.6 Å². The van der Waals surface area contributed by atoms with Crippen molar-refractivity contribution in [2.75, 3.05) is 6.54 Å². The second kappa shape index (κ2) is 5.87. The maximum atomic E-state index is 12.7. The Kier molecular flexibility index (Phi) is 3.94. The Balaban J connectivity index is 1.62. The Bertz CT molecular complexity index is 510. The third-order valence-electron chi connectivity index (χ3n) is 4.35. The van der Waals surface area contributed by atoms with Gasteiger partial charge >= 0.3 is 0 Å². The summed E-state index contributed by atoms with van der Waals surface area (Å²) in [6, 6.07) is -0.320. The van der Waals surface area contributed by atoms with Gasteiger partial charge in [0.25, 0.3) is 0 Å². The molecule has 0 spiro atoms. The number of rotatable bonds is 5. The molecule has 1 aliphatic heterocycles. The van der Waals surface area contributed by atoms with Crippen molar-refractivity contribution in [1.82, 2.24) is 19.8 Å². The van der Waals surface area contributed by atoms with Gasteiger partial charge in [0, 0.05) is 37.9 Å². The zero-order chi connectivity index (χ0) is 14.8. The van der Waals surface area contributed by atoms with Crippen molar-refractivity contribution in [3.63, 3.8) is 0 Å².